The van der Waals surface area contributed by atoms with Gasteiger partial charge in [-0.2, -0.15) is 0 Å². The standard InChI is InChI=1S/C46H66O6/c1-30(18-14-20-32(3)22-24-39-34(5)26-37(47)28-45(39,8)9)16-12-13-17-31(2)19-15-21-33(4)23-25-40-35(6)27-38(29-46(40,10)11)52-44-43(50)42(49)41(48)36(7)51-44/h12-25,36-38,41-44,47-50H,26-29H2,1-11H3/b13-12-,18-14-,19-15+,24-22+,25-23+,30-16-,31-17+,32-20-,33-21+/t36-,37+,38+,41-,42+,43+,44-/m0/s1. The van der Waals surface area contributed by atoms with Crippen LogP contribution in [0.2, 0.25) is 0 Å². The number of hydrogen-bond acceptors (Lipinski definition) is 6. The van der Waals surface area contributed by atoms with Crippen LogP contribution in [-0.2, 0) is 9.47 Å². The van der Waals surface area contributed by atoms with Crippen molar-refractivity contribution >= 4 is 0 Å². The first-order valence-corrected chi connectivity index (χ1v) is 18.8. The largest absolute Gasteiger partial charge is 0.393 e. The smallest absolute Gasteiger partial charge is 0.186 e. The van der Waals surface area contributed by atoms with E-state index in [0.717, 1.165) is 30.4 Å². The molecule has 0 aromatic rings. The molecule has 4 N–H and O–H groups in total. The van der Waals surface area contributed by atoms with Crippen LogP contribution in [0.1, 0.15) is 102 Å². The number of rotatable bonds is 12. The highest BCUT2D eigenvalue weighted by atomic mass is 16.7. The fourth-order valence-electron chi connectivity index (χ4n) is 7.51. The monoisotopic (exact) mass is 714 g/mol. The summed E-state index contributed by atoms with van der Waals surface area (Å²) in [5.74, 6) is 0. The van der Waals surface area contributed by atoms with Crippen molar-refractivity contribution in [3.05, 3.63) is 130 Å². The second kappa shape index (κ2) is 19.3. The predicted octanol–water partition coefficient (Wildman–Crippen LogP) is 9.40. The van der Waals surface area contributed by atoms with Crippen molar-refractivity contribution in [2.24, 2.45) is 10.8 Å². The first-order chi connectivity index (χ1) is 24.3. The van der Waals surface area contributed by atoms with Gasteiger partial charge in [0.15, 0.2) is 6.29 Å². The van der Waals surface area contributed by atoms with E-state index in [1.54, 1.807) is 6.92 Å². The van der Waals surface area contributed by atoms with Crippen LogP contribution in [0.5, 0.6) is 0 Å². The molecule has 286 valence electrons. The highest BCUT2D eigenvalue weighted by Crippen LogP contribution is 2.43. The summed E-state index contributed by atoms with van der Waals surface area (Å²) in [4.78, 5) is 0. The lowest BCUT2D eigenvalue weighted by atomic mass is 9.71. The van der Waals surface area contributed by atoms with Gasteiger partial charge in [-0.15, -0.1) is 0 Å². The van der Waals surface area contributed by atoms with Gasteiger partial charge in [0.05, 0.1) is 18.3 Å². The van der Waals surface area contributed by atoms with Crippen LogP contribution >= 0.6 is 0 Å². The first kappa shape index (κ1) is 43.3. The molecule has 1 heterocycles. The molecular weight excluding hydrogens is 649 g/mol. The van der Waals surface area contributed by atoms with Gasteiger partial charge in [-0.3, -0.25) is 0 Å². The summed E-state index contributed by atoms with van der Waals surface area (Å²) in [6.07, 6.45) is 26.9. The van der Waals surface area contributed by atoms with E-state index < -0.39 is 30.7 Å². The molecule has 0 bridgehead atoms. The molecule has 52 heavy (non-hydrogen) atoms. The molecule has 0 aromatic carbocycles. The summed E-state index contributed by atoms with van der Waals surface area (Å²) in [5, 5.41) is 40.7. The lowest BCUT2D eigenvalue weighted by Gasteiger charge is -2.43. The van der Waals surface area contributed by atoms with Crippen molar-refractivity contribution in [2.45, 2.75) is 145 Å². The van der Waals surface area contributed by atoms with E-state index in [-0.39, 0.29) is 23.0 Å². The molecule has 0 spiro atoms. The molecule has 0 radical (unpaired) electrons. The Morgan fingerprint density at radius 3 is 1.54 bits per heavy atom. The van der Waals surface area contributed by atoms with Gasteiger partial charge < -0.3 is 29.9 Å². The highest BCUT2D eigenvalue weighted by molar-refractivity contribution is 5.39. The molecular formula is C46H66O6. The van der Waals surface area contributed by atoms with Crippen LogP contribution in [0.3, 0.4) is 0 Å². The second-order valence-corrected chi connectivity index (χ2v) is 16.5. The Labute approximate surface area is 314 Å². The number of ether oxygens (including phenoxy) is 2. The van der Waals surface area contributed by atoms with Gasteiger partial charge in [-0.25, -0.2) is 0 Å². The Morgan fingerprint density at radius 2 is 1.06 bits per heavy atom. The maximum absolute atomic E-state index is 10.4. The molecule has 3 aliphatic rings. The zero-order chi connectivity index (χ0) is 38.8. The lowest BCUT2D eigenvalue weighted by Crippen LogP contribution is -2.58. The normalized spacial score (nSPS) is 31.5. The van der Waals surface area contributed by atoms with E-state index in [1.165, 1.54) is 33.4 Å². The first-order valence-electron chi connectivity index (χ1n) is 18.8. The fraction of sp³-hybridized carbons (Fsp3) is 0.522. The summed E-state index contributed by atoms with van der Waals surface area (Å²) < 4.78 is 11.8. The zero-order valence-electron chi connectivity index (χ0n) is 33.6. The molecule has 1 saturated heterocycles. The molecule has 0 aromatic heterocycles. The molecule has 1 fully saturated rings. The molecule has 0 saturated carbocycles. The molecule has 0 amide bonds. The molecule has 0 unspecified atom stereocenters. The van der Waals surface area contributed by atoms with Crippen LogP contribution < -0.4 is 0 Å². The number of hydrogen-bond donors (Lipinski definition) is 4. The number of allylic oxidation sites excluding steroid dienone is 20. The molecule has 2 aliphatic carbocycles. The third kappa shape index (κ3) is 12.8. The quantitative estimate of drug-likeness (QED) is 0.150. The van der Waals surface area contributed by atoms with Gasteiger partial charge in [-0.1, -0.05) is 146 Å². The predicted molar refractivity (Wildman–Crippen MR) is 215 cm³/mol. The molecule has 6 nitrogen and oxygen atoms in total. The number of aliphatic hydroxyl groups is 4. The van der Waals surface area contributed by atoms with Crippen molar-refractivity contribution in [2.75, 3.05) is 0 Å². The van der Waals surface area contributed by atoms with Gasteiger partial charge in [0.25, 0.3) is 0 Å². The minimum absolute atomic E-state index is 0.0120. The van der Waals surface area contributed by atoms with Crippen LogP contribution in [0, 0.1) is 10.8 Å². The van der Waals surface area contributed by atoms with Crippen molar-refractivity contribution in [1.82, 2.24) is 0 Å². The Balaban J connectivity index is 1.51. The summed E-state index contributed by atoms with van der Waals surface area (Å²) in [7, 11) is 0. The maximum atomic E-state index is 10.4. The molecule has 1 aliphatic heterocycles. The average molecular weight is 715 g/mol. The molecule has 3 rings (SSSR count). The fourth-order valence-corrected chi connectivity index (χ4v) is 7.51. The van der Waals surface area contributed by atoms with Gasteiger partial charge >= 0.3 is 0 Å². The van der Waals surface area contributed by atoms with Gasteiger partial charge in [0.2, 0.25) is 0 Å². The van der Waals surface area contributed by atoms with E-state index in [0.29, 0.717) is 6.42 Å². The van der Waals surface area contributed by atoms with E-state index in [9.17, 15) is 20.4 Å². The molecule has 7 atom stereocenters. The van der Waals surface area contributed by atoms with Crippen molar-refractivity contribution in [3.8, 4) is 0 Å². The zero-order valence-corrected chi connectivity index (χ0v) is 33.6. The lowest BCUT2D eigenvalue weighted by molar-refractivity contribution is -0.305. The van der Waals surface area contributed by atoms with Gasteiger partial charge in [0, 0.05) is 0 Å². The van der Waals surface area contributed by atoms with Crippen molar-refractivity contribution in [3.63, 3.8) is 0 Å². The van der Waals surface area contributed by atoms with Crippen molar-refractivity contribution in [1.29, 1.82) is 0 Å². The van der Waals surface area contributed by atoms with E-state index >= 15 is 0 Å². The van der Waals surface area contributed by atoms with Gasteiger partial charge in [-0.05, 0) is 96.1 Å². The minimum Gasteiger partial charge on any atom is -0.393 e. The van der Waals surface area contributed by atoms with Crippen LogP contribution in [0.4, 0.5) is 0 Å². The summed E-state index contributed by atoms with van der Waals surface area (Å²) in [6, 6.07) is 0. The summed E-state index contributed by atoms with van der Waals surface area (Å²) >= 11 is 0. The Morgan fingerprint density at radius 1 is 0.615 bits per heavy atom. The minimum atomic E-state index is -1.30. The van der Waals surface area contributed by atoms with Crippen LogP contribution in [0.15, 0.2) is 130 Å². The van der Waals surface area contributed by atoms with Gasteiger partial charge in [0.1, 0.15) is 18.3 Å². The maximum Gasteiger partial charge on any atom is 0.186 e. The topological polar surface area (TPSA) is 99.4 Å². The van der Waals surface area contributed by atoms with E-state index in [4.69, 9.17) is 9.47 Å². The Kier molecular flexibility index (Phi) is 16.1. The third-order valence-electron chi connectivity index (χ3n) is 10.4. The van der Waals surface area contributed by atoms with E-state index in [2.05, 4.69) is 154 Å². The van der Waals surface area contributed by atoms with E-state index in [1.807, 2.05) is 0 Å². The Hall–Kier alpha value is -3.10. The SMILES string of the molecule is CC1=C(/C=C/C(C)=C\C=C/C(C)=C\C=C/C=C(C)/C=C/C=C(C)/C=C/C2=C(C)C[C@@H](O[C@@H]3O[C@@H](C)[C@H](O)[C@@H](O)[C@H]3O)CC2(C)C)C(C)(C)C[C@H](O)C1. The van der Waals surface area contributed by atoms with Crippen molar-refractivity contribution < 1.29 is 29.9 Å². The second-order valence-electron chi connectivity index (χ2n) is 16.5. The Bertz CT molecular complexity index is 1580. The highest BCUT2D eigenvalue weighted by Gasteiger charge is 2.44. The van der Waals surface area contributed by atoms with Crippen LogP contribution in [-0.4, -0.2) is 63.3 Å². The van der Waals surface area contributed by atoms with Crippen LogP contribution in [0.25, 0.3) is 0 Å². The average Bonchev–Trinajstić information content (AvgIpc) is 3.03. The summed E-state index contributed by atoms with van der Waals surface area (Å²) in [5.41, 5.74) is 9.59. The third-order valence-corrected chi connectivity index (χ3v) is 10.4. The number of aliphatic hydroxyl groups excluding tert-OH is 4. The summed E-state index contributed by atoms with van der Waals surface area (Å²) in [6.45, 7) is 23.1. The molecule has 6 heteroatoms.